The van der Waals surface area contributed by atoms with E-state index in [4.69, 9.17) is 4.74 Å². The lowest BCUT2D eigenvalue weighted by Gasteiger charge is -2.23. The van der Waals surface area contributed by atoms with Gasteiger partial charge in [-0.2, -0.15) is 0 Å². The normalized spacial score (nSPS) is 15.7. The lowest BCUT2D eigenvalue weighted by Crippen LogP contribution is -2.37. The Kier molecular flexibility index (Phi) is 7.48. The van der Waals surface area contributed by atoms with Gasteiger partial charge in [0.15, 0.2) is 0 Å². The third kappa shape index (κ3) is 6.57. The summed E-state index contributed by atoms with van der Waals surface area (Å²) in [6.45, 7) is 3.65. The summed E-state index contributed by atoms with van der Waals surface area (Å²) in [5, 5.41) is 2.85. The van der Waals surface area contributed by atoms with E-state index in [0.29, 0.717) is 19.2 Å². The van der Waals surface area contributed by atoms with Crippen LogP contribution in [-0.2, 0) is 14.3 Å². The zero-order valence-corrected chi connectivity index (χ0v) is 12.1. The molecule has 1 aliphatic rings. The lowest BCUT2D eigenvalue weighted by atomic mass is 10.2. The van der Waals surface area contributed by atoms with Gasteiger partial charge in [0.1, 0.15) is 0 Å². The number of likely N-dealkylation sites (N-methyl/N-ethyl adjacent to an activating group) is 1. The topological polar surface area (TPSA) is 58.6 Å². The van der Waals surface area contributed by atoms with Crippen molar-refractivity contribution >= 4 is 11.9 Å². The van der Waals surface area contributed by atoms with Crippen LogP contribution in [0, 0.1) is 0 Å². The Morgan fingerprint density at radius 2 is 1.95 bits per heavy atom. The lowest BCUT2D eigenvalue weighted by molar-refractivity contribution is -0.144. The van der Waals surface area contributed by atoms with E-state index in [9.17, 15) is 9.59 Å². The number of esters is 1. The number of carbonyl (C=O) groups is 2. The Morgan fingerprint density at radius 1 is 1.26 bits per heavy atom. The van der Waals surface area contributed by atoms with Crippen LogP contribution in [0.1, 0.15) is 45.4 Å². The van der Waals surface area contributed by atoms with Gasteiger partial charge >= 0.3 is 5.97 Å². The van der Waals surface area contributed by atoms with E-state index in [-0.39, 0.29) is 24.7 Å². The van der Waals surface area contributed by atoms with Crippen LogP contribution in [0.4, 0.5) is 0 Å². The summed E-state index contributed by atoms with van der Waals surface area (Å²) in [6.07, 6.45) is 5.56. The maximum atomic E-state index is 11.5. The highest BCUT2D eigenvalue weighted by Gasteiger charge is 2.18. The molecule has 0 unspecified atom stereocenters. The molecule has 110 valence electrons. The van der Waals surface area contributed by atoms with Crippen molar-refractivity contribution in [2.24, 2.45) is 0 Å². The van der Waals surface area contributed by atoms with Gasteiger partial charge in [-0.05, 0) is 26.8 Å². The third-order valence-corrected chi connectivity index (χ3v) is 3.60. The molecule has 1 N–H and O–H groups in total. The Hall–Kier alpha value is -1.10. The Morgan fingerprint density at radius 3 is 2.58 bits per heavy atom. The first kappa shape index (κ1) is 16.0. The van der Waals surface area contributed by atoms with E-state index in [2.05, 4.69) is 17.3 Å². The zero-order valence-electron chi connectivity index (χ0n) is 12.1. The van der Waals surface area contributed by atoms with E-state index in [1.807, 2.05) is 0 Å². The summed E-state index contributed by atoms with van der Waals surface area (Å²) in [6, 6.07) is 0.677. The molecule has 0 aliphatic heterocycles. The maximum absolute atomic E-state index is 11.5. The van der Waals surface area contributed by atoms with Crippen molar-refractivity contribution in [3.05, 3.63) is 0 Å². The van der Waals surface area contributed by atoms with Gasteiger partial charge in [0, 0.05) is 25.6 Å². The predicted octanol–water partition coefficient (Wildman–Crippen LogP) is 1.32. The van der Waals surface area contributed by atoms with Crippen LogP contribution in [0.25, 0.3) is 0 Å². The van der Waals surface area contributed by atoms with Crippen molar-refractivity contribution in [2.45, 2.75) is 51.5 Å². The van der Waals surface area contributed by atoms with Crippen LogP contribution in [0.2, 0.25) is 0 Å². The number of nitrogens with zero attached hydrogens (tertiary/aromatic N) is 1. The molecule has 0 saturated heterocycles. The molecule has 19 heavy (non-hydrogen) atoms. The highest BCUT2D eigenvalue weighted by Crippen LogP contribution is 2.21. The number of hydrogen-bond donors (Lipinski definition) is 1. The summed E-state index contributed by atoms with van der Waals surface area (Å²) in [5.74, 6) is -0.381. The number of rotatable bonds is 8. The molecular weight excluding hydrogens is 244 g/mol. The first-order valence-electron chi connectivity index (χ1n) is 7.26. The molecule has 5 heteroatoms. The third-order valence-electron chi connectivity index (χ3n) is 3.60. The van der Waals surface area contributed by atoms with Crippen molar-refractivity contribution in [1.29, 1.82) is 0 Å². The highest BCUT2D eigenvalue weighted by molar-refractivity contribution is 5.81. The second kappa shape index (κ2) is 8.91. The molecule has 0 atom stereocenters. The fourth-order valence-electron chi connectivity index (χ4n) is 2.44. The minimum Gasteiger partial charge on any atom is -0.466 e. The molecule has 0 aromatic carbocycles. The van der Waals surface area contributed by atoms with Crippen molar-refractivity contribution in [3.8, 4) is 0 Å². The van der Waals surface area contributed by atoms with Gasteiger partial charge in [0.2, 0.25) is 5.91 Å². The van der Waals surface area contributed by atoms with Crippen LogP contribution in [0.15, 0.2) is 0 Å². The molecular formula is C14H26N2O3. The quantitative estimate of drug-likeness (QED) is 0.676. The maximum Gasteiger partial charge on any atom is 0.306 e. The molecule has 0 bridgehead atoms. The number of amides is 1. The first-order valence-corrected chi connectivity index (χ1v) is 7.26. The van der Waals surface area contributed by atoms with Gasteiger partial charge in [0.25, 0.3) is 0 Å². The van der Waals surface area contributed by atoms with Crippen molar-refractivity contribution < 1.29 is 14.3 Å². The summed E-state index contributed by atoms with van der Waals surface area (Å²) in [7, 11) is 2.11. The van der Waals surface area contributed by atoms with E-state index in [0.717, 1.165) is 6.54 Å². The molecule has 0 aromatic rings. The summed E-state index contributed by atoms with van der Waals surface area (Å²) >= 11 is 0. The van der Waals surface area contributed by atoms with Gasteiger partial charge in [-0.25, -0.2) is 0 Å². The SMILES string of the molecule is CCOC(=O)CCC(=O)NCCN(C)C1CCCC1. The van der Waals surface area contributed by atoms with E-state index < -0.39 is 0 Å². The summed E-state index contributed by atoms with van der Waals surface area (Å²) in [5.41, 5.74) is 0. The van der Waals surface area contributed by atoms with Crippen molar-refractivity contribution in [2.75, 3.05) is 26.7 Å². The highest BCUT2D eigenvalue weighted by atomic mass is 16.5. The second-order valence-corrected chi connectivity index (χ2v) is 5.07. The molecule has 1 aliphatic carbocycles. The molecule has 1 amide bonds. The Bertz CT molecular complexity index is 288. The second-order valence-electron chi connectivity index (χ2n) is 5.07. The van der Waals surface area contributed by atoms with Crippen molar-refractivity contribution in [1.82, 2.24) is 10.2 Å². The molecule has 0 radical (unpaired) electrons. The predicted molar refractivity (Wildman–Crippen MR) is 73.8 cm³/mol. The minimum absolute atomic E-state index is 0.0760. The summed E-state index contributed by atoms with van der Waals surface area (Å²) < 4.78 is 4.78. The molecule has 1 saturated carbocycles. The molecule has 0 aromatic heterocycles. The van der Waals surface area contributed by atoms with Crippen LogP contribution < -0.4 is 5.32 Å². The number of nitrogens with one attached hydrogen (secondary N) is 1. The van der Waals surface area contributed by atoms with Crippen LogP contribution in [0.5, 0.6) is 0 Å². The molecule has 0 heterocycles. The molecule has 0 spiro atoms. The van der Waals surface area contributed by atoms with E-state index in [1.54, 1.807) is 6.92 Å². The van der Waals surface area contributed by atoms with Crippen LogP contribution in [0.3, 0.4) is 0 Å². The number of carbonyl (C=O) groups excluding carboxylic acids is 2. The summed E-state index contributed by atoms with van der Waals surface area (Å²) in [4.78, 5) is 24.9. The monoisotopic (exact) mass is 270 g/mol. The van der Waals surface area contributed by atoms with Gasteiger partial charge in [-0.3, -0.25) is 9.59 Å². The molecule has 1 rings (SSSR count). The van der Waals surface area contributed by atoms with Crippen LogP contribution in [-0.4, -0.2) is 49.6 Å². The molecule has 1 fully saturated rings. The molecule has 5 nitrogen and oxygen atoms in total. The largest absolute Gasteiger partial charge is 0.466 e. The zero-order chi connectivity index (χ0) is 14.1. The number of ether oxygens (including phenoxy) is 1. The average molecular weight is 270 g/mol. The van der Waals surface area contributed by atoms with E-state index >= 15 is 0 Å². The van der Waals surface area contributed by atoms with Gasteiger partial charge in [0.05, 0.1) is 13.0 Å². The first-order chi connectivity index (χ1) is 9.13. The Balaban J connectivity index is 2.04. The minimum atomic E-state index is -0.305. The number of hydrogen-bond acceptors (Lipinski definition) is 4. The average Bonchev–Trinajstić information content (AvgIpc) is 2.90. The fraction of sp³-hybridized carbons (Fsp3) is 0.857. The Labute approximate surface area is 115 Å². The van der Waals surface area contributed by atoms with E-state index in [1.165, 1.54) is 25.7 Å². The van der Waals surface area contributed by atoms with Gasteiger partial charge in [-0.1, -0.05) is 12.8 Å². The van der Waals surface area contributed by atoms with Gasteiger partial charge in [-0.15, -0.1) is 0 Å². The standard InChI is InChI=1S/C14H26N2O3/c1-3-19-14(18)9-8-13(17)15-10-11-16(2)12-6-4-5-7-12/h12H,3-11H2,1-2H3,(H,15,17). The van der Waals surface area contributed by atoms with Gasteiger partial charge < -0.3 is 15.0 Å². The van der Waals surface area contributed by atoms with Crippen molar-refractivity contribution in [3.63, 3.8) is 0 Å². The smallest absolute Gasteiger partial charge is 0.306 e. The fourth-order valence-corrected chi connectivity index (χ4v) is 2.44. The van der Waals surface area contributed by atoms with Crippen LogP contribution >= 0.6 is 0 Å².